The second-order valence-corrected chi connectivity index (χ2v) is 10.4. The minimum atomic E-state index is -0.751. The molecule has 0 saturated carbocycles. The third kappa shape index (κ3) is 4.74. The number of carbonyl (C=O) groups excluding carboxylic acids is 3. The highest BCUT2D eigenvalue weighted by atomic mass is 79.9. The summed E-state index contributed by atoms with van der Waals surface area (Å²) < 4.78 is 0.895. The molecule has 9 heteroatoms. The number of hydrogen-bond acceptors (Lipinski definition) is 4. The maximum Gasteiger partial charge on any atom is 0.321 e. The van der Waals surface area contributed by atoms with E-state index in [1.807, 2.05) is 59.5 Å². The molecule has 3 aliphatic rings. The predicted molar refractivity (Wildman–Crippen MR) is 138 cm³/mol. The van der Waals surface area contributed by atoms with E-state index in [4.69, 9.17) is 0 Å². The van der Waals surface area contributed by atoms with Crippen LogP contribution in [-0.4, -0.2) is 77.5 Å². The molecule has 1 N–H and O–H groups in total. The second-order valence-electron chi connectivity index (χ2n) is 9.46. The molecule has 3 fully saturated rings. The van der Waals surface area contributed by atoms with E-state index in [2.05, 4.69) is 26.1 Å². The molecule has 5 rings (SSSR count). The SMILES string of the molecule is O=C(CN1CN(c2ccccc2)C2(CCN(C(=O)Nc3cccc(Br)c3)CC2)C1=O)N1CCCC1. The molecule has 0 bridgehead atoms. The van der Waals surface area contributed by atoms with Gasteiger partial charge in [-0.2, -0.15) is 0 Å². The first-order chi connectivity index (χ1) is 17.0. The molecule has 0 radical (unpaired) electrons. The molecule has 2 aromatic rings. The first kappa shape index (κ1) is 23.7. The van der Waals surface area contributed by atoms with Gasteiger partial charge in [0.15, 0.2) is 0 Å². The van der Waals surface area contributed by atoms with E-state index < -0.39 is 5.54 Å². The number of nitrogens with one attached hydrogen (secondary N) is 1. The van der Waals surface area contributed by atoms with E-state index in [0.717, 1.165) is 41.8 Å². The number of para-hydroxylation sites is 1. The Morgan fingerprint density at radius 1 is 0.914 bits per heavy atom. The minimum absolute atomic E-state index is 0.0130. The third-order valence-corrected chi connectivity index (χ3v) is 7.81. The van der Waals surface area contributed by atoms with Gasteiger partial charge in [0.05, 0.1) is 6.67 Å². The standard InChI is InChI=1S/C26H30BrN5O3/c27-20-7-6-8-21(17-20)28-25(35)30-15-11-26(12-16-30)24(34)31(18-23(33)29-13-4-5-14-29)19-32(26)22-9-2-1-3-10-22/h1-3,6-10,17H,4-5,11-16,18-19H2,(H,28,35). The summed E-state index contributed by atoms with van der Waals surface area (Å²) in [5.41, 5.74) is 0.933. The van der Waals surface area contributed by atoms with Crippen LogP contribution in [0, 0.1) is 0 Å². The van der Waals surface area contributed by atoms with Crippen LogP contribution in [0.3, 0.4) is 0 Å². The lowest BCUT2D eigenvalue weighted by Crippen LogP contribution is -2.58. The van der Waals surface area contributed by atoms with Crippen LogP contribution in [0.2, 0.25) is 0 Å². The van der Waals surface area contributed by atoms with Crippen LogP contribution in [0.15, 0.2) is 59.1 Å². The zero-order chi connectivity index (χ0) is 24.4. The van der Waals surface area contributed by atoms with Crippen molar-refractivity contribution in [2.24, 2.45) is 0 Å². The van der Waals surface area contributed by atoms with Crippen LogP contribution in [-0.2, 0) is 9.59 Å². The van der Waals surface area contributed by atoms with Crippen LogP contribution >= 0.6 is 15.9 Å². The number of benzene rings is 2. The molecule has 8 nitrogen and oxygen atoms in total. The topological polar surface area (TPSA) is 76.2 Å². The van der Waals surface area contributed by atoms with Crippen molar-refractivity contribution in [3.63, 3.8) is 0 Å². The molecule has 35 heavy (non-hydrogen) atoms. The average Bonchev–Trinajstić information content (AvgIpc) is 3.49. The van der Waals surface area contributed by atoms with Crippen LogP contribution in [0.4, 0.5) is 16.2 Å². The maximum absolute atomic E-state index is 13.8. The molecule has 4 amide bonds. The summed E-state index contributed by atoms with van der Waals surface area (Å²) in [6.07, 6.45) is 3.08. The Balaban J connectivity index is 1.31. The highest BCUT2D eigenvalue weighted by molar-refractivity contribution is 9.10. The third-order valence-electron chi connectivity index (χ3n) is 7.32. The van der Waals surface area contributed by atoms with Crippen LogP contribution < -0.4 is 10.2 Å². The largest absolute Gasteiger partial charge is 0.341 e. The molecule has 0 atom stereocenters. The number of nitrogens with zero attached hydrogens (tertiary/aromatic N) is 4. The fourth-order valence-electron chi connectivity index (χ4n) is 5.40. The van der Waals surface area contributed by atoms with Crippen molar-refractivity contribution in [2.45, 2.75) is 31.2 Å². The van der Waals surface area contributed by atoms with Crippen molar-refractivity contribution >= 4 is 45.2 Å². The fraction of sp³-hybridized carbons (Fsp3) is 0.423. The molecule has 0 aromatic heterocycles. The number of urea groups is 1. The minimum Gasteiger partial charge on any atom is -0.341 e. The van der Waals surface area contributed by atoms with E-state index in [9.17, 15) is 14.4 Å². The first-order valence-corrected chi connectivity index (χ1v) is 13.0. The second kappa shape index (κ2) is 9.89. The van der Waals surface area contributed by atoms with Crippen molar-refractivity contribution < 1.29 is 14.4 Å². The van der Waals surface area contributed by atoms with Crippen molar-refractivity contribution in [2.75, 3.05) is 49.6 Å². The van der Waals surface area contributed by atoms with Gasteiger partial charge in [-0.25, -0.2) is 4.79 Å². The van der Waals surface area contributed by atoms with Gasteiger partial charge in [0, 0.05) is 42.0 Å². The molecule has 184 valence electrons. The molecule has 3 saturated heterocycles. The van der Waals surface area contributed by atoms with E-state index >= 15 is 0 Å². The number of carbonyl (C=O) groups is 3. The smallest absolute Gasteiger partial charge is 0.321 e. The molecular formula is C26H30BrN5O3. The van der Waals surface area contributed by atoms with E-state index in [1.54, 1.807) is 9.80 Å². The zero-order valence-corrected chi connectivity index (χ0v) is 21.2. The summed E-state index contributed by atoms with van der Waals surface area (Å²) in [4.78, 5) is 47.0. The Kier molecular flexibility index (Phi) is 6.69. The van der Waals surface area contributed by atoms with Crippen molar-refractivity contribution in [1.29, 1.82) is 0 Å². The lowest BCUT2D eigenvalue weighted by atomic mass is 9.85. The van der Waals surface area contributed by atoms with Gasteiger partial charge in [0.2, 0.25) is 5.91 Å². The Morgan fingerprint density at radius 2 is 1.63 bits per heavy atom. The summed E-state index contributed by atoms with van der Waals surface area (Å²) in [6, 6.07) is 17.2. The summed E-state index contributed by atoms with van der Waals surface area (Å²) in [5.74, 6) is 0.00713. The molecule has 2 aromatic carbocycles. The lowest BCUT2D eigenvalue weighted by molar-refractivity contribution is -0.140. The molecule has 3 heterocycles. The molecule has 0 aliphatic carbocycles. The Bertz CT molecular complexity index is 1100. The van der Waals surface area contributed by atoms with E-state index in [-0.39, 0.29) is 24.4 Å². The Labute approximate surface area is 214 Å². The monoisotopic (exact) mass is 539 g/mol. The van der Waals surface area contributed by atoms with Crippen molar-refractivity contribution in [3.05, 3.63) is 59.1 Å². The van der Waals surface area contributed by atoms with Gasteiger partial charge < -0.3 is 24.9 Å². The van der Waals surface area contributed by atoms with Gasteiger partial charge in [-0.1, -0.05) is 40.2 Å². The highest BCUT2D eigenvalue weighted by Crippen LogP contribution is 2.39. The van der Waals surface area contributed by atoms with Crippen molar-refractivity contribution in [1.82, 2.24) is 14.7 Å². The fourth-order valence-corrected chi connectivity index (χ4v) is 5.80. The molecule has 0 unspecified atom stereocenters. The quantitative estimate of drug-likeness (QED) is 0.642. The van der Waals surface area contributed by atoms with Gasteiger partial charge in [-0.05, 0) is 56.0 Å². The predicted octanol–water partition coefficient (Wildman–Crippen LogP) is 3.74. The van der Waals surface area contributed by atoms with Gasteiger partial charge >= 0.3 is 6.03 Å². The summed E-state index contributed by atoms with van der Waals surface area (Å²) >= 11 is 3.43. The first-order valence-electron chi connectivity index (χ1n) is 12.2. The lowest BCUT2D eigenvalue weighted by Gasteiger charge is -2.43. The van der Waals surface area contributed by atoms with Crippen LogP contribution in [0.25, 0.3) is 0 Å². The summed E-state index contributed by atoms with van der Waals surface area (Å²) in [7, 11) is 0. The van der Waals surface area contributed by atoms with Crippen molar-refractivity contribution in [3.8, 4) is 0 Å². The number of amides is 4. The number of piperidine rings is 1. The van der Waals surface area contributed by atoms with Gasteiger partial charge in [0.25, 0.3) is 5.91 Å². The maximum atomic E-state index is 13.8. The van der Waals surface area contributed by atoms with Gasteiger partial charge in [-0.3, -0.25) is 9.59 Å². The highest BCUT2D eigenvalue weighted by Gasteiger charge is 2.54. The summed E-state index contributed by atoms with van der Waals surface area (Å²) in [5, 5.41) is 2.95. The Hall–Kier alpha value is -3.07. The molecule has 3 aliphatic heterocycles. The zero-order valence-electron chi connectivity index (χ0n) is 19.7. The average molecular weight is 540 g/mol. The number of likely N-dealkylation sites (tertiary alicyclic amines) is 2. The summed E-state index contributed by atoms with van der Waals surface area (Å²) in [6.45, 7) is 2.96. The number of anilines is 2. The number of rotatable bonds is 4. The van der Waals surface area contributed by atoms with Crippen LogP contribution in [0.5, 0.6) is 0 Å². The number of halogens is 1. The molecule has 1 spiro atoms. The van der Waals surface area contributed by atoms with E-state index in [0.29, 0.717) is 32.6 Å². The van der Waals surface area contributed by atoms with Gasteiger partial charge in [-0.15, -0.1) is 0 Å². The van der Waals surface area contributed by atoms with Crippen LogP contribution in [0.1, 0.15) is 25.7 Å². The molecular weight excluding hydrogens is 510 g/mol. The van der Waals surface area contributed by atoms with Gasteiger partial charge in [0.1, 0.15) is 12.1 Å². The Morgan fingerprint density at radius 3 is 2.31 bits per heavy atom. The normalized spacial score (nSPS) is 19.5. The van der Waals surface area contributed by atoms with E-state index in [1.165, 1.54) is 0 Å². The number of hydrogen-bond donors (Lipinski definition) is 1.